The zero-order valence-electron chi connectivity index (χ0n) is 8.92. The number of nitrogens with zero attached hydrogens (tertiary/aromatic N) is 3. The molecule has 1 heterocycles. The number of benzene rings is 1. The first-order chi connectivity index (χ1) is 8.20. The van der Waals surface area contributed by atoms with E-state index in [4.69, 9.17) is 9.68 Å². The SMILES string of the molecule is C[C@@H](C#N)Sc1nnc(-c2ccccc2F)o1. The van der Waals surface area contributed by atoms with Crippen molar-refractivity contribution in [1.82, 2.24) is 10.2 Å². The number of aromatic nitrogens is 2. The molecule has 0 bridgehead atoms. The van der Waals surface area contributed by atoms with Gasteiger partial charge in [-0.15, -0.1) is 10.2 Å². The number of rotatable bonds is 3. The van der Waals surface area contributed by atoms with E-state index in [2.05, 4.69) is 10.2 Å². The summed E-state index contributed by atoms with van der Waals surface area (Å²) in [6.07, 6.45) is 0. The van der Waals surface area contributed by atoms with Crippen molar-refractivity contribution in [1.29, 1.82) is 5.26 Å². The van der Waals surface area contributed by atoms with Crippen LogP contribution in [0, 0.1) is 17.1 Å². The molecule has 2 aromatic rings. The second-order valence-electron chi connectivity index (χ2n) is 3.24. The van der Waals surface area contributed by atoms with Crippen molar-refractivity contribution in [2.45, 2.75) is 17.4 Å². The summed E-state index contributed by atoms with van der Waals surface area (Å²) in [7, 11) is 0. The Morgan fingerprint density at radius 1 is 1.41 bits per heavy atom. The molecular formula is C11H8FN3OS. The summed E-state index contributed by atoms with van der Waals surface area (Å²) in [4.78, 5) is 0. The van der Waals surface area contributed by atoms with E-state index < -0.39 is 5.82 Å². The highest BCUT2D eigenvalue weighted by Crippen LogP contribution is 2.26. The zero-order chi connectivity index (χ0) is 12.3. The minimum absolute atomic E-state index is 0.121. The maximum atomic E-state index is 13.4. The molecule has 0 saturated carbocycles. The predicted octanol–water partition coefficient (Wildman–Crippen LogP) is 2.88. The first kappa shape index (κ1) is 11.6. The van der Waals surface area contributed by atoms with E-state index in [0.29, 0.717) is 0 Å². The Balaban J connectivity index is 2.25. The minimum Gasteiger partial charge on any atom is -0.411 e. The largest absolute Gasteiger partial charge is 0.411 e. The van der Waals surface area contributed by atoms with E-state index in [-0.39, 0.29) is 21.9 Å². The molecule has 86 valence electrons. The summed E-state index contributed by atoms with van der Waals surface area (Å²) >= 11 is 1.14. The third-order valence-corrected chi connectivity index (χ3v) is 2.80. The van der Waals surface area contributed by atoms with Gasteiger partial charge >= 0.3 is 0 Å². The highest BCUT2D eigenvalue weighted by Gasteiger charge is 2.14. The number of nitriles is 1. The smallest absolute Gasteiger partial charge is 0.278 e. The van der Waals surface area contributed by atoms with Crippen molar-refractivity contribution in [3.63, 3.8) is 0 Å². The van der Waals surface area contributed by atoms with E-state index in [1.54, 1.807) is 25.1 Å². The zero-order valence-corrected chi connectivity index (χ0v) is 9.74. The molecule has 2 rings (SSSR count). The molecule has 0 amide bonds. The molecule has 0 spiro atoms. The fourth-order valence-corrected chi connectivity index (χ4v) is 1.75. The van der Waals surface area contributed by atoms with Gasteiger partial charge in [-0.25, -0.2) is 4.39 Å². The van der Waals surface area contributed by atoms with Crippen molar-refractivity contribution in [3.8, 4) is 17.5 Å². The van der Waals surface area contributed by atoms with Crippen LogP contribution in [-0.2, 0) is 0 Å². The highest BCUT2D eigenvalue weighted by atomic mass is 32.2. The molecule has 17 heavy (non-hydrogen) atoms. The third-order valence-electron chi connectivity index (χ3n) is 1.97. The Hall–Kier alpha value is -1.87. The topological polar surface area (TPSA) is 62.7 Å². The summed E-state index contributed by atoms with van der Waals surface area (Å²) in [5.74, 6) is -0.295. The average Bonchev–Trinajstić information content (AvgIpc) is 2.78. The first-order valence-electron chi connectivity index (χ1n) is 4.85. The summed E-state index contributed by atoms with van der Waals surface area (Å²) in [6, 6.07) is 8.19. The van der Waals surface area contributed by atoms with E-state index in [0.717, 1.165) is 11.8 Å². The summed E-state index contributed by atoms with van der Waals surface area (Å²) < 4.78 is 18.7. The molecule has 0 fully saturated rings. The lowest BCUT2D eigenvalue weighted by molar-refractivity contribution is 0.462. The molecule has 0 unspecified atom stereocenters. The summed E-state index contributed by atoms with van der Waals surface area (Å²) in [5.41, 5.74) is 0.261. The van der Waals surface area contributed by atoms with Gasteiger partial charge in [-0.1, -0.05) is 12.1 Å². The maximum absolute atomic E-state index is 13.4. The van der Waals surface area contributed by atoms with Gasteiger partial charge in [0.25, 0.3) is 11.1 Å². The van der Waals surface area contributed by atoms with Gasteiger partial charge < -0.3 is 4.42 Å². The Morgan fingerprint density at radius 2 is 2.18 bits per heavy atom. The van der Waals surface area contributed by atoms with Crippen LogP contribution >= 0.6 is 11.8 Å². The fraction of sp³-hybridized carbons (Fsp3) is 0.182. The van der Waals surface area contributed by atoms with Crippen molar-refractivity contribution in [2.24, 2.45) is 0 Å². The lowest BCUT2D eigenvalue weighted by atomic mass is 10.2. The van der Waals surface area contributed by atoms with Crippen LogP contribution in [0.1, 0.15) is 6.92 Å². The molecule has 0 saturated heterocycles. The highest BCUT2D eigenvalue weighted by molar-refractivity contribution is 7.99. The van der Waals surface area contributed by atoms with E-state index in [1.165, 1.54) is 6.07 Å². The molecule has 1 atom stereocenters. The van der Waals surface area contributed by atoms with Crippen LogP contribution in [-0.4, -0.2) is 15.4 Å². The van der Waals surface area contributed by atoms with Crippen LogP contribution in [0.5, 0.6) is 0 Å². The molecule has 4 nitrogen and oxygen atoms in total. The quantitative estimate of drug-likeness (QED) is 0.782. The minimum atomic E-state index is -0.416. The van der Waals surface area contributed by atoms with Gasteiger partial charge in [0.05, 0.1) is 16.9 Å². The van der Waals surface area contributed by atoms with Crippen LogP contribution in [0.15, 0.2) is 33.9 Å². The van der Waals surface area contributed by atoms with Gasteiger partial charge in [0.1, 0.15) is 5.82 Å². The van der Waals surface area contributed by atoms with Gasteiger partial charge in [0.2, 0.25) is 0 Å². The van der Waals surface area contributed by atoms with Gasteiger partial charge in [-0.2, -0.15) is 5.26 Å². The van der Waals surface area contributed by atoms with Crippen LogP contribution in [0.3, 0.4) is 0 Å². The van der Waals surface area contributed by atoms with Crippen LogP contribution in [0.4, 0.5) is 4.39 Å². The number of halogens is 1. The average molecular weight is 249 g/mol. The second-order valence-corrected chi connectivity index (χ2v) is 4.53. The lowest BCUT2D eigenvalue weighted by Crippen LogP contribution is -1.88. The molecule has 0 radical (unpaired) electrons. The molecule has 0 aliphatic carbocycles. The summed E-state index contributed by atoms with van der Waals surface area (Å²) in [5, 5.41) is 16.1. The van der Waals surface area contributed by atoms with E-state index in [9.17, 15) is 4.39 Å². The maximum Gasteiger partial charge on any atom is 0.278 e. The van der Waals surface area contributed by atoms with E-state index in [1.807, 2.05) is 6.07 Å². The Kier molecular flexibility index (Phi) is 3.40. The predicted molar refractivity (Wildman–Crippen MR) is 60.6 cm³/mol. The molecule has 0 aliphatic rings. The van der Waals surface area contributed by atoms with Crippen LogP contribution in [0.25, 0.3) is 11.5 Å². The number of thioether (sulfide) groups is 1. The van der Waals surface area contributed by atoms with Gasteiger partial charge in [0, 0.05) is 0 Å². The number of hydrogen-bond acceptors (Lipinski definition) is 5. The fourth-order valence-electron chi connectivity index (χ4n) is 1.18. The Labute approximate surface area is 101 Å². The van der Waals surface area contributed by atoms with Gasteiger partial charge in [0.15, 0.2) is 0 Å². The van der Waals surface area contributed by atoms with Crippen molar-refractivity contribution in [2.75, 3.05) is 0 Å². The molecule has 1 aromatic heterocycles. The third kappa shape index (κ3) is 2.63. The normalized spacial score (nSPS) is 12.1. The summed E-state index contributed by atoms with van der Waals surface area (Å²) in [6.45, 7) is 1.72. The van der Waals surface area contributed by atoms with Gasteiger partial charge in [-0.05, 0) is 30.8 Å². The van der Waals surface area contributed by atoms with Gasteiger partial charge in [-0.3, -0.25) is 0 Å². The monoisotopic (exact) mass is 249 g/mol. The molecular weight excluding hydrogens is 241 g/mol. The van der Waals surface area contributed by atoms with Crippen LogP contribution in [0.2, 0.25) is 0 Å². The standard InChI is InChI=1S/C11H8FN3OS/c1-7(6-13)17-11-15-14-10(16-11)8-4-2-3-5-9(8)12/h2-5,7H,1H3/t7-/m0/s1. The second kappa shape index (κ2) is 4.97. The lowest BCUT2D eigenvalue weighted by Gasteiger charge is -1.96. The van der Waals surface area contributed by atoms with Crippen molar-refractivity contribution in [3.05, 3.63) is 30.1 Å². The van der Waals surface area contributed by atoms with Crippen molar-refractivity contribution < 1.29 is 8.81 Å². The Morgan fingerprint density at radius 3 is 2.88 bits per heavy atom. The molecule has 0 N–H and O–H groups in total. The van der Waals surface area contributed by atoms with Crippen molar-refractivity contribution >= 4 is 11.8 Å². The van der Waals surface area contributed by atoms with Crippen LogP contribution < -0.4 is 0 Å². The molecule has 6 heteroatoms. The Bertz CT molecular complexity index is 564. The van der Waals surface area contributed by atoms with E-state index >= 15 is 0 Å². The number of hydrogen-bond donors (Lipinski definition) is 0. The first-order valence-corrected chi connectivity index (χ1v) is 5.73. The molecule has 0 aliphatic heterocycles. The molecule has 1 aromatic carbocycles.